The Labute approximate surface area is 188 Å². The average molecular weight is 465 g/mol. The van der Waals surface area contributed by atoms with E-state index in [2.05, 4.69) is 15.6 Å². The minimum atomic E-state index is -1.16. The highest BCUT2D eigenvalue weighted by molar-refractivity contribution is 7.98. The van der Waals surface area contributed by atoms with Crippen molar-refractivity contribution in [3.8, 4) is 0 Å². The lowest BCUT2D eigenvalue weighted by atomic mass is 10.0. The summed E-state index contributed by atoms with van der Waals surface area (Å²) in [7, 11) is 0. The molecule has 1 heterocycles. The van der Waals surface area contributed by atoms with Crippen LogP contribution in [0.5, 0.6) is 0 Å². The fourth-order valence-corrected chi connectivity index (χ4v) is 3.67. The largest absolute Gasteiger partial charge is 0.480 e. The molecule has 0 fully saturated rings. The van der Waals surface area contributed by atoms with Gasteiger partial charge in [-0.05, 0) is 42.9 Å². The van der Waals surface area contributed by atoms with Crippen LogP contribution in [0.15, 0.2) is 33.9 Å². The molecule has 0 saturated carbocycles. The van der Waals surface area contributed by atoms with Crippen LogP contribution in [-0.2, 0) is 20.9 Å². The van der Waals surface area contributed by atoms with Gasteiger partial charge in [0.25, 0.3) is 5.56 Å². The third-order valence-electron chi connectivity index (χ3n) is 4.78. The van der Waals surface area contributed by atoms with Crippen molar-refractivity contribution in [1.29, 1.82) is 0 Å². The molecule has 0 spiro atoms. The van der Waals surface area contributed by atoms with Crippen molar-refractivity contribution < 1.29 is 19.5 Å². The van der Waals surface area contributed by atoms with Crippen LogP contribution >= 0.6 is 11.8 Å². The van der Waals surface area contributed by atoms with Crippen LogP contribution in [0.3, 0.4) is 0 Å². The summed E-state index contributed by atoms with van der Waals surface area (Å²) in [6.07, 6.45) is 2.33. The number of carbonyl (C=O) groups excluding carboxylic acids is 2. The third-order valence-corrected chi connectivity index (χ3v) is 5.42. The number of nitrogens with one attached hydrogen (secondary N) is 3. The maximum Gasteiger partial charge on any atom is 0.329 e. The minimum absolute atomic E-state index is 0.0207. The quantitative estimate of drug-likeness (QED) is 0.379. The molecular weight excluding hydrogens is 436 g/mol. The van der Waals surface area contributed by atoms with E-state index in [1.54, 1.807) is 18.2 Å². The van der Waals surface area contributed by atoms with Crippen LogP contribution in [0.2, 0.25) is 0 Å². The highest BCUT2D eigenvalue weighted by Crippen LogP contribution is 2.08. The number of hydrogen-bond acceptors (Lipinski definition) is 6. The van der Waals surface area contributed by atoms with E-state index in [1.165, 1.54) is 17.8 Å². The second-order valence-corrected chi connectivity index (χ2v) is 8.78. The van der Waals surface area contributed by atoms with Crippen molar-refractivity contribution >= 4 is 40.4 Å². The second kappa shape index (κ2) is 11.5. The molecule has 11 heteroatoms. The summed E-state index contributed by atoms with van der Waals surface area (Å²) in [5, 5.41) is 14.6. The Kier molecular flexibility index (Phi) is 9.06. The highest BCUT2D eigenvalue weighted by atomic mass is 32.2. The van der Waals surface area contributed by atoms with E-state index in [4.69, 9.17) is 0 Å². The van der Waals surface area contributed by atoms with E-state index >= 15 is 0 Å². The molecule has 0 saturated heterocycles. The maximum absolute atomic E-state index is 12.7. The number of benzene rings is 1. The number of carboxylic acid groups (broad SMARTS) is 1. The first-order valence-electron chi connectivity index (χ1n) is 10.2. The molecule has 0 radical (unpaired) electrons. The molecule has 2 unspecified atom stereocenters. The molecule has 0 aliphatic carbocycles. The van der Waals surface area contributed by atoms with Crippen LogP contribution in [0.4, 0.5) is 0 Å². The first-order chi connectivity index (χ1) is 15.1. The van der Waals surface area contributed by atoms with Crippen LogP contribution in [0.1, 0.15) is 26.7 Å². The molecule has 2 amide bonds. The van der Waals surface area contributed by atoms with Crippen LogP contribution in [0, 0.1) is 5.92 Å². The molecule has 4 N–H and O–H groups in total. The summed E-state index contributed by atoms with van der Waals surface area (Å²) in [6, 6.07) is 4.36. The van der Waals surface area contributed by atoms with Gasteiger partial charge in [0.2, 0.25) is 11.8 Å². The van der Waals surface area contributed by atoms with E-state index in [9.17, 15) is 29.1 Å². The first-order valence-corrected chi connectivity index (χ1v) is 11.6. The van der Waals surface area contributed by atoms with E-state index < -0.39 is 47.7 Å². The molecule has 0 aliphatic heterocycles. The Morgan fingerprint density at radius 1 is 1.12 bits per heavy atom. The average Bonchev–Trinajstić information content (AvgIpc) is 2.73. The highest BCUT2D eigenvalue weighted by Gasteiger charge is 2.27. The zero-order chi connectivity index (χ0) is 23.8. The van der Waals surface area contributed by atoms with Crippen molar-refractivity contribution in [2.24, 2.45) is 5.92 Å². The van der Waals surface area contributed by atoms with Crippen LogP contribution < -0.4 is 21.9 Å². The number of H-pyrrole nitrogens is 1. The standard InChI is InChI=1S/C21H28N4O6S/c1-12(2)10-16(18(27)23-15(20(29)30)8-9-32-3)22-17(26)11-25-19(28)13-6-4-5-7-14(13)24-21(25)31/h4-7,12,15-16H,8-11H2,1-3H3,(H,22,26)(H,23,27)(H,24,31)(H,29,30). The third kappa shape index (κ3) is 6.71. The van der Waals surface area contributed by atoms with E-state index in [0.717, 1.165) is 4.57 Å². The number of carboxylic acids is 1. The first kappa shape index (κ1) is 25.2. The van der Waals surface area contributed by atoms with Gasteiger partial charge in [-0.1, -0.05) is 26.0 Å². The van der Waals surface area contributed by atoms with Gasteiger partial charge < -0.3 is 20.7 Å². The van der Waals surface area contributed by atoms with Gasteiger partial charge in [0.05, 0.1) is 10.9 Å². The van der Waals surface area contributed by atoms with Crippen LogP contribution in [0.25, 0.3) is 10.9 Å². The summed E-state index contributed by atoms with van der Waals surface area (Å²) < 4.78 is 0.764. The van der Waals surface area contributed by atoms with Crippen molar-refractivity contribution in [2.45, 2.75) is 45.3 Å². The number of para-hydroxylation sites is 1. The number of fused-ring (bicyclic) bond motifs is 1. The lowest BCUT2D eigenvalue weighted by molar-refractivity contribution is -0.142. The second-order valence-electron chi connectivity index (χ2n) is 7.80. The van der Waals surface area contributed by atoms with Gasteiger partial charge in [0, 0.05) is 0 Å². The number of aromatic amines is 1. The fourth-order valence-electron chi connectivity index (χ4n) is 3.19. The summed E-state index contributed by atoms with van der Waals surface area (Å²) in [6.45, 7) is 3.14. The van der Waals surface area contributed by atoms with Crippen molar-refractivity contribution in [3.63, 3.8) is 0 Å². The van der Waals surface area contributed by atoms with Gasteiger partial charge in [0.15, 0.2) is 0 Å². The number of carbonyl (C=O) groups is 3. The van der Waals surface area contributed by atoms with Gasteiger partial charge in [-0.2, -0.15) is 11.8 Å². The predicted octanol–water partition coefficient (Wildman–Crippen LogP) is 0.543. The van der Waals surface area contributed by atoms with Crippen molar-refractivity contribution in [1.82, 2.24) is 20.2 Å². The maximum atomic E-state index is 12.7. The molecule has 1 aromatic carbocycles. The van der Waals surface area contributed by atoms with E-state index in [1.807, 2.05) is 20.1 Å². The lowest BCUT2D eigenvalue weighted by Crippen LogP contribution is -2.53. The summed E-state index contributed by atoms with van der Waals surface area (Å²) >= 11 is 1.46. The monoisotopic (exact) mass is 464 g/mol. The molecule has 10 nitrogen and oxygen atoms in total. The van der Waals surface area contributed by atoms with Gasteiger partial charge in [-0.25, -0.2) is 9.59 Å². The number of thioether (sulfide) groups is 1. The molecule has 2 atom stereocenters. The topological polar surface area (TPSA) is 150 Å². The Bertz CT molecular complexity index is 1090. The molecular formula is C21H28N4O6S. The van der Waals surface area contributed by atoms with Gasteiger partial charge in [-0.3, -0.25) is 19.0 Å². The number of rotatable bonds is 11. The number of amides is 2. The van der Waals surface area contributed by atoms with Crippen molar-refractivity contribution in [2.75, 3.05) is 12.0 Å². The molecule has 2 aromatic rings. The van der Waals surface area contributed by atoms with E-state index in [0.29, 0.717) is 11.3 Å². The Morgan fingerprint density at radius 2 is 1.81 bits per heavy atom. The van der Waals surface area contributed by atoms with E-state index in [-0.39, 0.29) is 24.1 Å². The van der Waals surface area contributed by atoms with Gasteiger partial charge in [-0.15, -0.1) is 0 Å². The molecule has 32 heavy (non-hydrogen) atoms. The minimum Gasteiger partial charge on any atom is -0.480 e. The smallest absolute Gasteiger partial charge is 0.329 e. The fraction of sp³-hybridized carbons (Fsp3) is 0.476. The molecule has 1 aromatic heterocycles. The number of nitrogens with zero attached hydrogens (tertiary/aromatic N) is 1. The number of aliphatic carboxylic acids is 1. The van der Waals surface area contributed by atoms with Crippen LogP contribution in [-0.4, -0.2) is 56.5 Å². The summed E-state index contributed by atoms with van der Waals surface area (Å²) in [5.74, 6) is -1.92. The molecule has 2 rings (SSSR count). The number of aromatic nitrogens is 2. The Hall–Kier alpha value is -3.08. The summed E-state index contributed by atoms with van der Waals surface area (Å²) in [5.41, 5.74) is -0.995. The molecule has 174 valence electrons. The molecule has 0 bridgehead atoms. The lowest BCUT2D eigenvalue weighted by Gasteiger charge is -2.23. The Balaban J connectivity index is 2.18. The number of hydrogen-bond donors (Lipinski definition) is 4. The molecule has 0 aliphatic rings. The van der Waals surface area contributed by atoms with Gasteiger partial charge >= 0.3 is 11.7 Å². The van der Waals surface area contributed by atoms with Crippen molar-refractivity contribution in [3.05, 3.63) is 45.1 Å². The van der Waals surface area contributed by atoms with Gasteiger partial charge in [0.1, 0.15) is 18.6 Å². The predicted molar refractivity (Wildman–Crippen MR) is 123 cm³/mol. The Morgan fingerprint density at radius 3 is 2.44 bits per heavy atom. The zero-order valence-electron chi connectivity index (χ0n) is 18.2. The SMILES string of the molecule is CSCCC(NC(=O)C(CC(C)C)NC(=O)Cn1c(=O)[nH]c2ccccc2c1=O)C(=O)O. The summed E-state index contributed by atoms with van der Waals surface area (Å²) in [4.78, 5) is 64.2. The normalized spacial score (nSPS) is 13.0. The zero-order valence-corrected chi connectivity index (χ0v) is 19.0.